The molecule has 122 valence electrons. The molecule has 1 unspecified atom stereocenters. The summed E-state index contributed by atoms with van der Waals surface area (Å²) in [6, 6.07) is 4.67. The summed E-state index contributed by atoms with van der Waals surface area (Å²) in [7, 11) is 0. The summed E-state index contributed by atoms with van der Waals surface area (Å²) in [4.78, 5) is 20.1. The van der Waals surface area contributed by atoms with Gasteiger partial charge in [-0.05, 0) is 37.6 Å². The van der Waals surface area contributed by atoms with Crippen LogP contribution in [0, 0.1) is 5.82 Å². The SMILES string of the molecule is CC(C)OC(=O)C1C=NCC(C)(C)c2c1[nH]c1cc(F)ccc21. The molecule has 3 rings (SSSR count). The lowest BCUT2D eigenvalue weighted by atomic mass is 9.81. The summed E-state index contributed by atoms with van der Waals surface area (Å²) in [5.41, 5.74) is 2.20. The minimum Gasteiger partial charge on any atom is -0.462 e. The molecule has 0 fully saturated rings. The number of carbonyl (C=O) groups excluding carboxylic acids is 1. The van der Waals surface area contributed by atoms with Crippen molar-refractivity contribution >= 4 is 23.1 Å². The molecule has 1 atom stereocenters. The van der Waals surface area contributed by atoms with Crippen molar-refractivity contribution in [3.63, 3.8) is 0 Å². The minimum absolute atomic E-state index is 0.197. The predicted octanol–water partition coefficient (Wildman–Crippen LogP) is 3.70. The Balaban J connectivity index is 2.20. The van der Waals surface area contributed by atoms with Gasteiger partial charge in [0.25, 0.3) is 0 Å². The average Bonchev–Trinajstić information content (AvgIpc) is 2.75. The Morgan fingerprint density at radius 3 is 2.87 bits per heavy atom. The van der Waals surface area contributed by atoms with E-state index in [0.29, 0.717) is 12.1 Å². The Hall–Kier alpha value is -2.17. The van der Waals surface area contributed by atoms with Crippen molar-refractivity contribution in [1.29, 1.82) is 0 Å². The summed E-state index contributed by atoms with van der Waals surface area (Å²) in [5, 5.41) is 0.930. The fourth-order valence-corrected chi connectivity index (χ4v) is 3.18. The number of esters is 1. The number of fused-ring (bicyclic) bond motifs is 3. The molecule has 0 bridgehead atoms. The van der Waals surface area contributed by atoms with E-state index in [-0.39, 0.29) is 23.3 Å². The number of halogens is 1. The summed E-state index contributed by atoms with van der Waals surface area (Å²) in [6.45, 7) is 8.36. The number of aliphatic imine (C=N–C) groups is 1. The van der Waals surface area contributed by atoms with Crippen molar-refractivity contribution in [3.8, 4) is 0 Å². The molecule has 0 saturated carbocycles. The highest BCUT2D eigenvalue weighted by Crippen LogP contribution is 2.39. The molecule has 0 aliphatic carbocycles. The topological polar surface area (TPSA) is 54.4 Å². The van der Waals surface area contributed by atoms with E-state index in [1.807, 2.05) is 13.8 Å². The van der Waals surface area contributed by atoms with Crippen LogP contribution in [0.2, 0.25) is 0 Å². The Labute approximate surface area is 134 Å². The number of hydrogen-bond donors (Lipinski definition) is 1. The maximum atomic E-state index is 13.6. The molecule has 23 heavy (non-hydrogen) atoms. The highest BCUT2D eigenvalue weighted by atomic mass is 19.1. The van der Waals surface area contributed by atoms with Crippen LogP contribution in [-0.4, -0.2) is 29.8 Å². The maximum absolute atomic E-state index is 13.6. The lowest BCUT2D eigenvalue weighted by Gasteiger charge is -2.23. The van der Waals surface area contributed by atoms with Gasteiger partial charge in [0.1, 0.15) is 11.7 Å². The van der Waals surface area contributed by atoms with E-state index in [9.17, 15) is 9.18 Å². The van der Waals surface area contributed by atoms with Gasteiger partial charge in [-0.25, -0.2) is 4.39 Å². The van der Waals surface area contributed by atoms with Crippen molar-refractivity contribution in [1.82, 2.24) is 4.98 Å². The highest BCUT2D eigenvalue weighted by molar-refractivity contribution is 5.99. The molecule has 0 spiro atoms. The van der Waals surface area contributed by atoms with Gasteiger partial charge in [0, 0.05) is 34.8 Å². The van der Waals surface area contributed by atoms with E-state index < -0.39 is 5.92 Å². The van der Waals surface area contributed by atoms with E-state index in [1.165, 1.54) is 12.1 Å². The lowest BCUT2D eigenvalue weighted by molar-refractivity contribution is -0.147. The van der Waals surface area contributed by atoms with Gasteiger partial charge in [0.05, 0.1) is 6.10 Å². The third-order valence-corrected chi connectivity index (χ3v) is 4.12. The van der Waals surface area contributed by atoms with Crippen molar-refractivity contribution in [2.75, 3.05) is 6.54 Å². The van der Waals surface area contributed by atoms with Crippen LogP contribution in [0.1, 0.15) is 44.9 Å². The van der Waals surface area contributed by atoms with E-state index >= 15 is 0 Å². The Morgan fingerprint density at radius 1 is 1.43 bits per heavy atom. The van der Waals surface area contributed by atoms with Crippen LogP contribution in [-0.2, 0) is 14.9 Å². The molecule has 2 aromatic rings. The second-order valence-corrected chi connectivity index (χ2v) is 6.94. The molecule has 1 aromatic carbocycles. The average molecular weight is 316 g/mol. The summed E-state index contributed by atoms with van der Waals surface area (Å²) in [5.74, 6) is -1.24. The molecule has 5 heteroatoms. The Kier molecular flexibility index (Phi) is 3.74. The standard InChI is InChI=1S/C18H21FN2O2/c1-10(2)23-17(22)13-8-20-9-18(3,4)15-12-6-5-11(19)7-14(12)21-16(13)15/h5-8,10,13,21H,9H2,1-4H3. The van der Waals surface area contributed by atoms with E-state index in [0.717, 1.165) is 16.6 Å². The first-order valence-corrected chi connectivity index (χ1v) is 7.81. The highest BCUT2D eigenvalue weighted by Gasteiger charge is 2.36. The Bertz CT molecular complexity index is 790. The molecule has 4 nitrogen and oxygen atoms in total. The summed E-state index contributed by atoms with van der Waals surface area (Å²) < 4.78 is 18.9. The molecule has 0 saturated heterocycles. The van der Waals surface area contributed by atoms with E-state index in [1.54, 1.807) is 12.3 Å². The van der Waals surface area contributed by atoms with Crippen LogP contribution >= 0.6 is 0 Å². The number of rotatable bonds is 2. The molecule has 1 aromatic heterocycles. The molecular formula is C18H21FN2O2. The number of nitrogens with zero attached hydrogens (tertiary/aromatic N) is 1. The molecule has 0 amide bonds. The van der Waals surface area contributed by atoms with Crippen molar-refractivity contribution < 1.29 is 13.9 Å². The summed E-state index contributed by atoms with van der Waals surface area (Å²) in [6.07, 6.45) is 1.45. The first kappa shape index (κ1) is 15.7. The van der Waals surface area contributed by atoms with E-state index in [4.69, 9.17) is 4.74 Å². The monoisotopic (exact) mass is 316 g/mol. The van der Waals surface area contributed by atoms with Crippen molar-refractivity contribution in [2.24, 2.45) is 4.99 Å². The number of carbonyl (C=O) groups is 1. The third-order valence-electron chi connectivity index (χ3n) is 4.12. The zero-order chi connectivity index (χ0) is 16.8. The fraction of sp³-hybridized carbons (Fsp3) is 0.444. The van der Waals surface area contributed by atoms with Crippen molar-refractivity contribution in [3.05, 3.63) is 35.3 Å². The zero-order valence-corrected chi connectivity index (χ0v) is 13.8. The fourth-order valence-electron chi connectivity index (χ4n) is 3.18. The number of aromatic nitrogens is 1. The molecular weight excluding hydrogens is 295 g/mol. The van der Waals surface area contributed by atoms with Crippen LogP contribution < -0.4 is 0 Å². The van der Waals surface area contributed by atoms with Crippen LogP contribution in [0.5, 0.6) is 0 Å². The first-order valence-electron chi connectivity index (χ1n) is 7.81. The smallest absolute Gasteiger partial charge is 0.320 e. The number of benzene rings is 1. The molecule has 0 radical (unpaired) electrons. The Morgan fingerprint density at radius 2 is 2.17 bits per heavy atom. The number of ether oxygens (including phenoxy) is 1. The van der Waals surface area contributed by atoms with Crippen LogP contribution in [0.3, 0.4) is 0 Å². The quantitative estimate of drug-likeness (QED) is 0.859. The first-order chi connectivity index (χ1) is 10.8. The van der Waals surface area contributed by atoms with Gasteiger partial charge in [-0.2, -0.15) is 0 Å². The van der Waals surface area contributed by atoms with Gasteiger partial charge < -0.3 is 9.72 Å². The number of aromatic amines is 1. The number of nitrogens with one attached hydrogen (secondary N) is 1. The molecule has 1 aliphatic heterocycles. The van der Waals surface area contributed by atoms with Crippen LogP contribution in [0.25, 0.3) is 10.9 Å². The maximum Gasteiger partial charge on any atom is 0.320 e. The summed E-state index contributed by atoms with van der Waals surface area (Å²) >= 11 is 0. The van der Waals surface area contributed by atoms with Gasteiger partial charge in [0.15, 0.2) is 0 Å². The molecule has 2 heterocycles. The number of H-pyrrole nitrogens is 1. The van der Waals surface area contributed by atoms with Crippen molar-refractivity contribution in [2.45, 2.75) is 45.1 Å². The number of hydrogen-bond acceptors (Lipinski definition) is 3. The minimum atomic E-state index is -0.593. The van der Waals surface area contributed by atoms with Gasteiger partial charge in [-0.1, -0.05) is 13.8 Å². The van der Waals surface area contributed by atoms with Crippen LogP contribution in [0.15, 0.2) is 23.2 Å². The van der Waals surface area contributed by atoms with Gasteiger partial charge >= 0.3 is 5.97 Å². The normalized spacial score (nSPS) is 19.7. The zero-order valence-electron chi connectivity index (χ0n) is 13.8. The second kappa shape index (κ2) is 5.48. The molecule has 1 aliphatic rings. The third kappa shape index (κ3) is 2.76. The van der Waals surface area contributed by atoms with Gasteiger partial charge in [-0.3, -0.25) is 9.79 Å². The van der Waals surface area contributed by atoms with Gasteiger partial charge in [0.2, 0.25) is 0 Å². The lowest BCUT2D eigenvalue weighted by Crippen LogP contribution is -2.24. The van der Waals surface area contributed by atoms with E-state index in [2.05, 4.69) is 23.8 Å². The van der Waals surface area contributed by atoms with Crippen LogP contribution in [0.4, 0.5) is 4.39 Å². The van der Waals surface area contributed by atoms with Gasteiger partial charge in [-0.15, -0.1) is 0 Å². The predicted molar refractivity (Wildman–Crippen MR) is 88.6 cm³/mol. The largest absolute Gasteiger partial charge is 0.462 e. The molecule has 1 N–H and O–H groups in total. The second-order valence-electron chi connectivity index (χ2n) is 6.94.